The summed E-state index contributed by atoms with van der Waals surface area (Å²) in [4.78, 5) is 17.9. The third-order valence-corrected chi connectivity index (χ3v) is 9.09. The molecule has 2 fully saturated rings. The predicted octanol–water partition coefficient (Wildman–Crippen LogP) is 6.43. The molecule has 37 heavy (non-hydrogen) atoms. The van der Waals surface area contributed by atoms with Crippen molar-refractivity contribution in [3.63, 3.8) is 0 Å². The van der Waals surface area contributed by atoms with Crippen LogP contribution in [-0.4, -0.2) is 47.0 Å². The minimum Gasteiger partial charge on any atom is -0.385 e. The molecule has 5 rings (SSSR count). The van der Waals surface area contributed by atoms with Crippen molar-refractivity contribution < 1.29 is 9.90 Å². The number of likely N-dealkylation sites (tertiary alicyclic amines) is 2. The van der Waals surface area contributed by atoms with E-state index in [9.17, 15) is 9.90 Å². The van der Waals surface area contributed by atoms with E-state index in [1.54, 1.807) is 0 Å². The highest BCUT2D eigenvalue weighted by Crippen LogP contribution is 2.42. The lowest BCUT2D eigenvalue weighted by molar-refractivity contribution is -0.136. The van der Waals surface area contributed by atoms with Gasteiger partial charge in [0.1, 0.15) is 0 Å². The Kier molecular flexibility index (Phi) is 7.92. The smallest absolute Gasteiger partial charge is 0.223 e. The molecule has 1 amide bonds. The molecule has 4 nitrogen and oxygen atoms in total. The first-order chi connectivity index (χ1) is 17.9. The lowest BCUT2D eigenvalue weighted by Gasteiger charge is -2.44. The van der Waals surface area contributed by atoms with E-state index in [0.29, 0.717) is 42.4 Å². The van der Waals surface area contributed by atoms with E-state index in [0.717, 1.165) is 49.2 Å². The summed E-state index contributed by atoms with van der Waals surface area (Å²) in [6.07, 6.45) is 3.62. The molecule has 0 radical (unpaired) electrons. The van der Waals surface area contributed by atoms with Crippen LogP contribution in [0.1, 0.15) is 48.8 Å². The lowest BCUT2D eigenvalue weighted by atomic mass is 9.70. The van der Waals surface area contributed by atoms with E-state index in [2.05, 4.69) is 17.0 Å². The van der Waals surface area contributed by atoms with Gasteiger partial charge in [-0.2, -0.15) is 0 Å². The van der Waals surface area contributed by atoms with Crippen molar-refractivity contribution in [3.05, 3.63) is 106 Å². The Hall–Kier alpha value is -2.37. The molecule has 2 heterocycles. The van der Waals surface area contributed by atoms with Crippen LogP contribution in [0.15, 0.2) is 78.9 Å². The molecule has 2 aliphatic heterocycles. The van der Waals surface area contributed by atoms with Gasteiger partial charge >= 0.3 is 0 Å². The summed E-state index contributed by atoms with van der Waals surface area (Å²) in [5.41, 5.74) is 2.19. The Morgan fingerprint density at radius 3 is 2.11 bits per heavy atom. The van der Waals surface area contributed by atoms with Gasteiger partial charge in [0.25, 0.3) is 0 Å². The Labute approximate surface area is 229 Å². The number of rotatable bonds is 7. The normalized spacial score (nSPS) is 22.2. The Balaban J connectivity index is 1.29. The van der Waals surface area contributed by atoms with Crippen LogP contribution in [0, 0.1) is 0 Å². The molecule has 0 spiro atoms. The summed E-state index contributed by atoms with van der Waals surface area (Å²) in [5.74, 6) is 0.179. The highest BCUT2D eigenvalue weighted by Gasteiger charge is 2.41. The highest BCUT2D eigenvalue weighted by molar-refractivity contribution is 6.42. The SMILES string of the molecule is O=C1CC(CCN2CCC(O)(c3ccccc3)CC2)(c2ccc(Cl)c(Cl)c2)CCN1Cc1ccccc1. The molecule has 3 aromatic rings. The molecule has 0 saturated carbocycles. The number of amides is 1. The fourth-order valence-electron chi connectivity index (χ4n) is 5.92. The standard InChI is InChI=1S/C31H34Cl2N2O2/c32-27-12-11-26(21-28(27)33)30(14-20-35(29(36)22-30)23-24-7-3-1-4-8-24)13-17-34-18-15-31(37,16-19-34)25-9-5-2-6-10-25/h1-12,21,37H,13-20,22-23H2. The van der Waals surface area contributed by atoms with Crippen molar-refractivity contribution in [3.8, 4) is 0 Å². The van der Waals surface area contributed by atoms with Gasteiger partial charge in [-0.15, -0.1) is 0 Å². The van der Waals surface area contributed by atoms with Crippen molar-refractivity contribution in [1.29, 1.82) is 0 Å². The largest absolute Gasteiger partial charge is 0.385 e. The number of hydrogen-bond acceptors (Lipinski definition) is 3. The number of hydrogen-bond donors (Lipinski definition) is 1. The fraction of sp³-hybridized carbons (Fsp3) is 0.387. The van der Waals surface area contributed by atoms with Crippen LogP contribution < -0.4 is 0 Å². The van der Waals surface area contributed by atoms with Crippen molar-refractivity contribution in [2.45, 2.75) is 49.7 Å². The first-order valence-electron chi connectivity index (χ1n) is 13.1. The summed E-state index contributed by atoms with van der Waals surface area (Å²) in [6, 6.07) is 26.0. The van der Waals surface area contributed by atoms with E-state index >= 15 is 0 Å². The van der Waals surface area contributed by atoms with E-state index < -0.39 is 5.60 Å². The van der Waals surface area contributed by atoms with Crippen molar-refractivity contribution >= 4 is 29.1 Å². The topological polar surface area (TPSA) is 43.8 Å². The van der Waals surface area contributed by atoms with Gasteiger partial charge < -0.3 is 14.9 Å². The first-order valence-corrected chi connectivity index (χ1v) is 13.9. The van der Waals surface area contributed by atoms with Crippen molar-refractivity contribution in [1.82, 2.24) is 9.80 Å². The molecule has 3 aromatic carbocycles. The highest BCUT2D eigenvalue weighted by atomic mass is 35.5. The number of nitrogens with zero attached hydrogens (tertiary/aromatic N) is 2. The number of carbonyl (C=O) groups excluding carboxylic acids is 1. The average Bonchev–Trinajstić information content (AvgIpc) is 2.92. The molecule has 2 saturated heterocycles. The summed E-state index contributed by atoms with van der Waals surface area (Å²) < 4.78 is 0. The van der Waals surface area contributed by atoms with Gasteiger partial charge in [-0.25, -0.2) is 0 Å². The average molecular weight is 538 g/mol. The second-order valence-corrected chi connectivity index (χ2v) is 11.4. The number of benzene rings is 3. The zero-order chi connectivity index (χ0) is 25.9. The first kappa shape index (κ1) is 26.2. The lowest BCUT2D eigenvalue weighted by Crippen LogP contribution is -2.48. The minimum absolute atomic E-state index is 0.179. The molecule has 0 bridgehead atoms. The Morgan fingerprint density at radius 1 is 0.784 bits per heavy atom. The molecule has 1 N–H and O–H groups in total. The molecule has 0 aromatic heterocycles. The summed E-state index contributed by atoms with van der Waals surface area (Å²) in [7, 11) is 0. The van der Waals surface area contributed by atoms with Crippen LogP contribution >= 0.6 is 23.2 Å². The number of carbonyl (C=O) groups is 1. The maximum Gasteiger partial charge on any atom is 0.223 e. The summed E-state index contributed by atoms with van der Waals surface area (Å²) in [6.45, 7) is 3.88. The van der Waals surface area contributed by atoms with Gasteiger partial charge in [0.2, 0.25) is 5.91 Å². The maximum absolute atomic E-state index is 13.5. The monoisotopic (exact) mass is 536 g/mol. The van der Waals surface area contributed by atoms with Crippen molar-refractivity contribution in [2.24, 2.45) is 0 Å². The molecule has 2 aliphatic rings. The summed E-state index contributed by atoms with van der Waals surface area (Å²) in [5, 5.41) is 12.3. The van der Waals surface area contributed by atoms with Gasteiger partial charge in [-0.05, 0) is 61.1 Å². The number of piperidine rings is 2. The van der Waals surface area contributed by atoms with Crippen LogP contribution in [-0.2, 0) is 22.4 Å². The Bertz CT molecular complexity index is 1210. The van der Waals surface area contributed by atoms with E-state index in [4.69, 9.17) is 23.2 Å². The summed E-state index contributed by atoms with van der Waals surface area (Å²) >= 11 is 12.7. The third kappa shape index (κ3) is 5.88. The van der Waals surface area contributed by atoms with Gasteiger partial charge in [0.15, 0.2) is 0 Å². The van der Waals surface area contributed by atoms with Gasteiger partial charge in [0.05, 0.1) is 15.6 Å². The molecule has 1 unspecified atom stereocenters. The third-order valence-electron chi connectivity index (χ3n) is 8.35. The Morgan fingerprint density at radius 2 is 1.46 bits per heavy atom. The van der Waals surface area contributed by atoms with Gasteiger partial charge in [-0.1, -0.05) is 89.9 Å². The van der Waals surface area contributed by atoms with Crippen LogP contribution in [0.2, 0.25) is 10.0 Å². The predicted molar refractivity (Wildman–Crippen MR) is 150 cm³/mol. The molecular weight excluding hydrogens is 503 g/mol. The molecule has 1 atom stereocenters. The van der Waals surface area contributed by atoms with Gasteiger partial charge in [0, 0.05) is 38.0 Å². The maximum atomic E-state index is 13.5. The minimum atomic E-state index is -0.766. The quantitative estimate of drug-likeness (QED) is 0.378. The fourth-order valence-corrected chi connectivity index (χ4v) is 6.22. The van der Waals surface area contributed by atoms with E-state index in [1.165, 1.54) is 0 Å². The molecular formula is C31H34Cl2N2O2. The zero-order valence-corrected chi connectivity index (χ0v) is 22.6. The van der Waals surface area contributed by atoms with E-state index in [-0.39, 0.29) is 11.3 Å². The van der Waals surface area contributed by atoms with Crippen molar-refractivity contribution in [2.75, 3.05) is 26.2 Å². The molecule has 0 aliphatic carbocycles. The van der Waals surface area contributed by atoms with Gasteiger partial charge in [-0.3, -0.25) is 4.79 Å². The van der Waals surface area contributed by atoms with Crippen LogP contribution in [0.4, 0.5) is 0 Å². The second kappa shape index (κ2) is 11.2. The molecule has 6 heteroatoms. The zero-order valence-electron chi connectivity index (χ0n) is 21.1. The number of halogens is 2. The van der Waals surface area contributed by atoms with Crippen LogP contribution in [0.25, 0.3) is 0 Å². The second-order valence-electron chi connectivity index (χ2n) is 10.6. The van der Waals surface area contributed by atoms with Crippen LogP contribution in [0.3, 0.4) is 0 Å². The van der Waals surface area contributed by atoms with E-state index in [1.807, 2.05) is 71.6 Å². The number of aliphatic hydroxyl groups is 1. The van der Waals surface area contributed by atoms with Crippen LogP contribution in [0.5, 0.6) is 0 Å². The molecule has 194 valence electrons.